The van der Waals surface area contributed by atoms with Crippen molar-refractivity contribution in [2.45, 2.75) is 26.3 Å². The molecule has 0 spiro atoms. The molecule has 0 aliphatic carbocycles. The van der Waals surface area contributed by atoms with E-state index in [1.54, 1.807) is 6.92 Å². The molecule has 0 radical (unpaired) electrons. The first-order valence-corrected chi connectivity index (χ1v) is 8.09. The highest BCUT2D eigenvalue weighted by Crippen LogP contribution is 2.35. The Labute approximate surface area is 136 Å². The highest BCUT2D eigenvalue weighted by molar-refractivity contribution is 7.21. The lowest BCUT2D eigenvalue weighted by Crippen LogP contribution is -2.44. The molecule has 118 valence electrons. The SMILES string of the molecule is CCCNC(=O)C(C)NC(=O)c1sc2cc(F)ccc2c1Cl. The van der Waals surface area contributed by atoms with Gasteiger partial charge in [0.25, 0.3) is 5.91 Å². The lowest BCUT2D eigenvalue weighted by molar-refractivity contribution is -0.122. The van der Waals surface area contributed by atoms with Crippen LogP contribution in [0.5, 0.6) is 0 Å². The van der Waals surface area contributed by atoms with Crippen molar-refractivity contribution in [3.8, 4) is 0 Å². The standard InChI is InChI=1S/C15H16ClFN2O2S/c1-3-6-18-14(20)8(2)19-15(21)13-12(16)10-5-4-9(17)7-11(10)22-13/h4-5,7-8H,3,6H2,1-2H3,(H,18,20)(H,19,21). The number of carbonyl (C=O) groups excluding carboxylic acids is 2. The largest absolute Gasteiger partial charge is 0.354 e. The Morgan fingerprint density at radius 3 is 2.82 bits per heavy atom. The van der Waals surface area contributed by atoms with Crippen LogP contribution in [0.25, 0.3) is 10.1 Å². The number of halogens is 2. The monoisotopic (exact) mass is 342 g/mol. The Balaban J connectivity index is 2.16. The first-order valence-electron chi connectivity index (χ1n) is 6.90. The minimum absolute atomic E-state index is 0.251. The van der Waals surface area contributed by atoms with E-state index in [4.69, 9.17) is 11.6 Å². The quantitative estimate of drug-likeness (QED) is 0.875. The Morgan fingerprint density at radius 2 is 2.14 bits per heavy atom. The highest BCUT2D eigenvalue weighted by Gasteiger charge is 2.21. The van der Waals surface area contributed by atoms with E-state index in [2.05, 4.69) is 10.6 Å². The second-order valence-electron chi connectivity index (χ2n) is 4.87. The van der Waals surface area contributed by atoms with Gasteiger partial charge in [-0.3, -0.25) is 9.59 Å². The summed E-state index contributed by atoms with van der Waals surface area (Å²) in [7, 11) is 0. The van der Waals surface area contributed by atoms with Gasteiger partial charge in [0.05, 0.1) is 5.02 Å². The van der Waals surface area contributed by atoms with Gasteiger partial charge in [-0.1, -0.05) is 18.5 Å². The van der Waals surface area contributed by atoms with Gasteiger partial charge in [0.1, 0.15) is 16.7 Å². The Hall–Kier alpha value is -1.66. The summed E-state index contributed by atoms with van der Waals surface area (Å²) in [6.45, 7) is 4.10. The maximum Gasteiger partial charge on any atom is 0.263 e. The maximum atomic E-state index is 13.2. The molecule has 0 saturated heterocycles. The van der Waals surface area contributed by atoms with Crippen LogP contribution >= 0.6 is 22.9 Å². The van der Waals surface area contributed by atoms with Crippen LogP contribution in [0.2, 0.25) is 5.02 Å². The van der Waals surface area contributed by atoms with Crippen molar-refractivity contribution in [3.63, 3.8) is 0 Å². The molecule has 2 amide bonds. The van der Waals surface area contributed by atoms with Crippen molar-refractivity contribution in [3.05, 3.63) is 33.9 Å². The third kappa shape index (κ3) is 3.56. The van der Waals surface area contributed by atoms with Crippen LogP contribution in [0, 0.1) is 5.82 Å². The van der Waals surface area contributed by atoms with Crippen LogP contribution in [0.3, 0.4) is 0 Å². The number of benzene rings is 1. The topological polar surface area (TPSA) is 58.2 Å². The molecule has 2 rings (SSSR count). The van der Waals surface area contributed by atoms with Gasteiger partial charge in [0.2, 0.25) is 5.91 Å². The molecule has 0 aliphatic rings. The first kappa shape index (κ1) is 16.7. The van der Waals surface area contributed by atoms with Gasteiger partial charge in [-0.15, -0.1) is 11.3 Å². The number of hydrogen-bond donors (Lipinski definition) is 2. The van der Waals surface area contributed by atoms with E-state index in [-0.39, 0.29) is 21.6 Å². The molecule has 22 heavy (non-hydrogen) atoms. The highest BCUT2D eigenvalue weighted by atomic mass is 35.5. The molecule has 0 aliphatic heterocycles. The van der Waals surface area contributed by atoms with Gasteiger partial charge in [-0.2, -0.15) is 0 Å². The molecule has 1 heterocycles. The fourth-order valence-corrected chi connectivity index (χ4v) is 3.36. The van der Waals surface area contributed by atoms with Crippen LogP contribution in [0.1, 0.15) is 29.9 Å². The zero-order valence-electron chi connectivity index (χ0n) is 12.2. The molecule has 4 nitrogen and oxygen atoms in total. The summed E-state index contributed by atoms with van der Waals surface area (Å²) < 4.78 is 13.8. The number of hydrogen-bond acceptors (Lipinski definition) is 3. The molecule has 2 N–H and O–H groups in total. The summed E-state index contributed by atoms with van der Waals surface area (Å²) >= 11 is 7.28. The number of thiophene rings is 1. The average Bonchev–Trinajstić information content (AvgIpc) is 2.81. The zero-order chi connectivity index (χ0) is 16.3. The predicted molar refractivity (Wildman–Crippen MR) is 87.0 cm³/mol. The Morgan fingerprint density at radius 1 is 1.41 bits per heavy atom. The number of amides is 2. The summed E-state index contributed by atoms with van der Waals surface area (Å²) in [4.78, 5) is 24.3. The summed E-state index contributed by atoms with van der Waals surface area (Å²) in [5, 5.41) is 6.21. The van der Waals surface area contributed by atoms with Gasteiger partial charge in [0.15, 0.2) is 0 Å². The number of carbonyl (C=O) groups is 2. The van der Waals surface area contributed by atoms with Crippen LogP contribution in [0.15, 0.2) is 18.2 Å². The molecule has 0 saturated carbocycles. The van der Waals surface area contributed by atoms with Crippen molar-refractivity contribution in [1.82, 2.24) is 10.6 Å². The third-order valence-electron chi connectivity index (χ3n) is 3.09. The molecule has 1 unspecified atom stereocenters. The molecular weight excluding hydrogens is 327 g/mol. The van der Waals surface area contributed by atoms with Crippen molar-refractivity contribution in [1.29, 1.82) is 0 Å². The molecule has 0 bridgehead atoms. The Bertz CT molecular complexity index is 717. The maximum absolute atomic E-state index is 13.2. The Kier molecular flexibility index (Phi) is 5.37. The minimum Gasteiger partial charge on any atom is -0.354 e. The molecule has 7 heteroatoms. The summed E-state index contributed by atoms with van der Waals surface area (Å²) in [6, 6.07) is 3.50. The van der Waals surface area contributed by atoms with Crippen molar-refractivity contribution in [2.24, 2.45) is 0 Å². The summed E-state index contributed by atoms with van der Waals surface area (Å²) in [5.41, 5.74) is 0. The zero-order valence-corrected chi connectivity index (χ0v) is 13.8. The normalized spacial score (nSPS) is 12.2. The summed E-state index contributed by atoms with van der Waals surface area (Å²) in [5.74, 6) is -1.08. The third-order valence-corrected chi connectivity index (χ3v) is 4.74. The molecule has 1 atom stereocenters. The smallest absolute Gasteiger partial charge is 0.263 e. The molecule has 1 aromatic heterocycles. The van der Waals surface area contributed by atoms with Crippen molar-refractivity contribution < 1.29 is 14.0 Å². The molecule has 0 fully saturated rings. The fraction of sp³-hybridized carbons (Fsp3) is 0.333. The second kappa shape index (κ2) is 7.07. The van der Waals surface area contributed by atoms with Gasteiger partial charge < -0.3 is 10.6 Å². The molecule has 1 aromatic carbocycles. The van der Waals surface area contributed by atoms with Crippen molar-refractivity contribution >= 4 is 44.8 Å². The van der Waals surface area contributed by atoms with Crippen molar-refractivity contribution in [2.75, 3.05) is 6.54 Å². The average molecular weight is 343 g/mol. The van der Waals surface area contributed by atoms with Gasteiger partial charge in [0, 0.05) is 16.6 Å². The fourth-order valence-electron chi connectivity index (χ4n) is 1.91. The summed E-state index contributed by atoms with van der Waals surface area (Å²) in [6.07, 6.45) is 0.820. The van der Waals surface area contributed by atoms with Crippen LogP contribution in [0.4, 0.5) is 4.39 Å². The number of fused-ring (bicyclic) bond motifs is 1. The van der Waals surface area contributed by atoms with E-state index in [9.17, 15) is 14.0 Å². The number of rotatable bonds is 5. The van der Waals surface area contributed by atoms with E-state index in [1.807, 2.05) is 6.92 Å². The van der Waals surface area contributed by atoms with Crippen LogP contribution < -0.4 is 10.6 Å². The second-order valence-corrected chi connectivity index (χ2v) is 6.30. The lowest BCUT2D eigenvalue weighted by atomic mass is 10.2. The van der Waals surface area contributed by atoms with Crippen LogP contribution in [-0.2, 0) is 4.79 Å². The van der Waals surface area contributed by atoms with Crippen LogP contribution in [-0.4, -0.2) is 24.4 Å². The number of nitrogens with one attached hydrogen (secondary N) is 2. The molecule has 2 aromatic rings. The minimum atomic E-state index is -0.669. The van der Waals surface area contributed by atoms with E-state index < -0.39 is 11.9 Å². The van der Waals surface area contributed by atoms with Gasteiger partial charge >= 0.3 is 0 Å². The lowest BCUT2D eigenvalue weighted by Gasteiger charge is -2.13. The first-order chi connectivity index (χ1) is 10.4. The van der Waals surface area contributed by atoms with E-state index >= 15 is 0 Å². The van der Waals surface area contributed by atoms with E-state index in [0.717, 1.165) is 17.8 Å². The predicted octanol–water partition coefficient (Wildman–Crippen LogP) is 3.34. The molecular formula is C15H16ClFN2O2S. The van der Waals surface area contributed by atoms with Gasteiger partial charge in [-0.25, -0.2) is 4.39 Å². The van der Waals surface area contributed by atoms with E-state index in [0.29, 0.717) is 16.6 Å². The van der Waals surface area contributed by atoms with Gasteiger partial charge in [-0.05, 0) is 31.5 Å². The van der Waals surface area contributed by atoms with E-state index in [1.165, 1.54) is 18.2 Å².